The highest BCUT2D eigenvalue weighted by Crippen LogP contribution is 2.34. The molecule has 0 aliphatic carbocycles. The number of hydrogen-bond acceptors (Lipinski definition) is 6. The first-order valence-corrected chi connectivity index (χ1v) is 10.3. The van der Waals surface area contributed by atoms with Gasteiger partial charge in [0.15, 0.2) is 0 Å². The first-order valence-electron chi connectivity index (χ1n) is 8.84. The van der Waals surface area contributed by atoms with Crippen LogP contribution in [0.3, 0.4) is 0 Å². The molecule has 0 bridgehead atoms. The van der Waals surface area contributed by atoms with Gasteiger partial charge in [0.1, 0.15) is 5.82 Å². The first kappa shape index (κ1) is 17.4. The summed E-state index contributed by atoms with van der Waals surface area (Å²) < 4.78 is 28.0. The minimum atomic E-state index is -3.51. The SMILES string of the molecule is Nc1cc(C2CNNC2C2CCCN2S(=O)(=O)c2ccccc2)ccn1. The molecule has 2 aliphatic rings. The molecule has 8 heteroatoms. The van der Waals surface area contributed by atoms with Crippen LogP contribution in [0, 0.1) is 0 Å². The summed E-state index contributed by atoms with van der Waals surface area (Å²) in [5.41, 5.74) is 13.4. The number of hydrazine groups is 1. The van der Waals surface area contributed by atoms with E-state index in [1.54, 1.807) is 34.8 Å². The highest BCUT2D eigenvalue weighted by Gasteiger charge is 2.44. The van der Waals surface area contributed by atoms with Crippen molar-refractivity contribution in [3.05, 3.63) is 54.2 Å². The van der Waals surface area contributed by atoms with Gasteiger partial charge in [0, 0.05) is 37.3 Å². The number of pyridine rings is 1. The van der Waals surface area contributed by atoms with E-state index in [-0.39, 0.29) is 18.0 Å². The number of benzene rings is 1. The lowest BCUT2D eigenvalue weighted by atomic mass is 9.88. The van der Waals surface area contributed by atoms with Gasteiger partial charge in [-0.05, 0) is 42.7 Å². The number of nitrogens with zero attached hydrogens (tertiary/aromatic N) is 2. The summed E-state index contributed by atoms with van der Waals surface area (Å²) in [5, 5.41) is 0. The van der Waals surface area contributed by atoms with Gasteiger partial charge in [0.25, 0.3) is 0 Å². The van der Waals surface area contributed by atoms with Crippen LogP contribution < -0.4 is 16.6 Å². The Hall–Kier alpha value is -2.00. The van der Waals surface area contributed by atoms with Gasteiger partial charge in [-0.15, -0.1) is 0 Å². The fraction of sp³-hybridized carbons (Fsp3) is 0.389. The molecule has 2 aliphatic heterocycles. The second kappa shape index (κ2) is 6.96. The van der Waals surface area contributed by atoms with Crippen molar-refractivity contribution in [3.63, 3.8) is 0 Å². The molecule has 0 saturated carbocycles. The van der Waals surface area contributed by atoms with E-state index in [1.165, 1.54) is 0 Å². The molecule has 2 saturated heterocycles. The zero-order chi connectivity index (χ0) is 18.1. The molecule has 2 aromatic rings. The van der Waals surface area contributed by atoms with Crippen molar-refractivity contribution in [1.82, 2.24) is 20.1 Å². The molecule has 4 N–H and O–H groups in total. The predicted molar refractivity (Wildman–Crippen MR) is 99.7 cm³/mol. The van der Waals surface area contributed by atoms with Crippen LogP contribution in [-0.2, 0) is 10.0 Å². The van der Waals surface area contributed by atoms with Crippen molar-refractivity contribution in [2.45, 2.75) is 35.7 Å². The molecule has 3 unspecified atom stereocenters. The standard InChI is InChI=1S/C18H23N5O2S/c19-17-11-13(8-9-20-17)15-12-21-22-18(15)16-7-4-10-23(16)26(24,25)14-5-2-1-3-6-14/h1-3,5-6,8-9,11,15-16,18,21-22H,4,7,10,12H2,(H2,19,20). The quantitative estimate of drug-likeness (QED) is 0.741. The summed E-state index contributed by atoms with van der Waals surface area (Å²) in [6, 6.07) is 12.4. The molecule has 2 fully saturated rings. The summed E-state index contributed by atoms with van der Waals surface area (Å²) in [7, 11) is -3.51. The van der Waals surface area contributed by atoms with Gasteiger partial charge in [0.2, 0.25) is 10.0 Å². The third-order valence-electron chi connectivity index (χ3n) is 5.27. The molecule has 0 amide bonds. The van der Waals surface area contributed by atoms with Gasteiger partial charge in [-0.2, -0.15) is 4.31 Å². The lowest BCUT2D eigenvalue weighted by Crippen LogP contribution is -2.49. The molecule has 7 nitrogen and oxygen atoms in total. The van der Waals surface area contributed by atoms with Crippen LogP contribution in [-0.4, -0.2) is 42.9 Å². The number of nitrogen functional groups attached to an aromatic ring is 1. The van der Waals surface area contributed by atoms with Crippen molar-refractivity contribution in [3.8, 4) is 0 Å². The smallest absolute Gasteiger partial charge is 0.243 e. The van der Waals surface area contributed by atoms with Crippen molar-refractivity contribution >= 4 is 15.8 Å². The van der Waals surface area contributed by atoms with Crippen molar-refractivity contribution in [2.75, 3.05) is 18.8 Å². The van der Waals surface area contributed by atoms with Gasteiger partial charge >= 0.3 is 0 Å². The normalized spacial score (nSPS) is 27.0. The number of rotatable bonds is 4. The van der Waals surface area contributed by atoms with Crippen molar-refractivity contribution in [2.24, 2.45) is 0 Å². The summed E-state index contributed by atoms with van der Waals surface area (Å²) in [5.74, 6) is 0.616. The Balaban J connectivity index is 1.64. The van der Waals surface area contributed by atoms with E-state index in [0.717, 1.165) is 24.9 Å². The van der Waals surface area contributed by atoms with E-state index >= 15 is 0 Å². The molecular weight excluding hydrogens is 350 g/mol. The van der Waals surface area contributed by atoms with Crippen LogP contribution in [0.25, 0.3) is 0 Å². The predicted octanol–water partition coefficient (Wildman–Crippen LogP) is 1.08. The molecule has 26 heavy (non-hydrogen) atoms. The highest BCUT2D eigenvalue weighted by atomic mass is 32.2. The minimum absolute atomic E-state index is 0.0159. The Morgan fingerprint density at radius 3 is 2.77 bits per heavy atom. The summed E-state index contributed by atoms with van der Waals surface area (Å²) in [6.45, 7) is 1.27. The van der Waals surface area contributed by atoms with E-state index in [0.29, 0.717) is 17.3 Å². The molecule has 1 aromatic heterocycles. The van der Waals surface area contributed by atoms with Gasteiger partial charge < -0.3 is 5.73 Å². The average molecular weight is 373 g/mol. The Bertz CT molecular complexity index is 874. The Kier molecular flexibility index (Phi) is 4.66. The van der Waals surface area contributed by atoms with Crippen LogP contribution in [0.15, 0.2) is 53.6 Å². The van der Waals surface area contributed by atoms with Gasteiger partial charge in [-0.25, -0.2) is 13.4 Å². The molecule has 3 atom stereocenters. The third kappa shape index (κ3) is 3.09. The number of nitrogens with one attached hydrogen (secondary N) is 2. The summed E-state index contributed by atoms with van der Waals surface area (Å²) >= 11 is 0. The second-order valence-electron chi connectivity index (χ2n) is 6.81. The van der Waals surface area contributed by atoms with Crippen LogP contribution in [0.4, 0.5) is 5.82 Å². The molecule has 0 radical (unpaired) electrons. The van der Waals surface area contributed by atoms with E-state index in [1.807, 2.05) is 18.2 Å². The maximum atomic E-state index is 13.1. The zero-order valence-electron chi connectivity index (χ0n) is 14.4. The molecule has 1 aromatic carbocycles. The number of hydrogen-bond donors (Lipinski definition) is 3. The summed E-state index contributed by atoms with van der Waals surface area (Å²) in [6.07, 6.45) is 3.40. The van der Waals surface area contributed by atoms with E-state index in [9.17, 15) is 8.42 Å². The summed E-state index contributed by atoms with van der Waals surface area (Å²) in [4.78, 5) is 4.41. The Morgan fingerprint density at radius 1 is 1.19 bits per heavy atom. The van der Waals surface area contributed by atoms with Crippen molar-refractivity contribution in [1.29, 1.82) is 0 Å². The van der Waals surface area contributed by atoms with E-state index in [2.05, 4.69) is 15.8 Å². The lowest BCUT2D eigenvalue weighted by Gasteiger charge is -2.31. The number of anilines is 1. The topological polar surface area (TPSA) is 100 Å². The molecule has 4 rings (SSSR count). The fourth-order valence-electron chi connectivity index (χ4n) is 4.05. The number of sulfonamides is 1. The average Bonchev–Trinajstić information content (AvgIpc) is 3.31. The van der Waals surface area contributed by atoms with Crippen LogP contribution >= 0.6 is 0 Å². The zero-order valence-corrected chi connectivity index (χ0v) is 15.2. The Morgan fingerprint density at radius 2 is 2.00 bits per heavy atom. The largest absolute Gasteiger partial charge is 0.384 e. The molecule has 3 heterocycles. The third-order valence-corrected chi connectivity index (χ3v) is 7.21. The maximum absolute atomic E-state index is 13.1. The fourth-order valence-corrected chi connectivity index (χ4v) is 5.79. The first-order chi connectivity index (χ1) is 12.6. The molecular formula is C18H23N5O2S. The number of nitrogens with two attached hydrogens (primary N) is 1. The molecule has 0 spiro atoms. The maximum Gasteiger partial charge on any atom is 0.243 e. The van der Waals surface area contributed by atoms with Crippen LogP contribution in [0.5, 0.6) is 0 Å². The van der Waals surface area contributed by atoms with E-state index < -0.39 is 10.0 Å². The van der Waals surface area contributed by atoms with Crippen LogP contribution in [0.1, 0.15) is 24.3 Å². The monoisotopic (exact) mass is 373 g/mol. The second-order valence-corrected chi connectivity index (χ2v) is 8.70. The van der Waals surface area contributed by atoms with Gasteiger partial charge in [-0.1, -0.05) is 18.2 Å². The van der Waals surface area contributed by atoms with Crippen molar-refractivity contribution < 1.29 is 8.42 Å². The highest BCUT2D eigenvalue weighted by molar-refractivity contribution is 7.89. The lowest BCUT2D eigenvalue weighted by molar-refractivity contribution is 0.302. The van der Waals surface area contributed by atoms with Gasteiger partial charge in [0.05, 0.1) is 4.90 Å². The van der Waals surface area contributed by atoms with Gasteiger partial charge in [-0.3, -0.25) is 10.9 Å². The number of aromatic nitrogens is 1. The minimum Gasteiger partial charge on any atom is -0.384 e. The Labute approximate surface area is 153 Å². The molecule has 138 valence electrons. The van der Waals surface area contributed by atoms with Crippen LogP contribution in [0.2, 0.25) is 0 Å². The van der Waals surface area contributed by atoms with E-state index in [4.69, 9.17) is 5.73 Å².